The van der Waals surface area contributed by atoms with E-state index in [1.165, 1.54) is 0 Å². The number of halogens is 2. The minimum absolute atomic E-state index is 0. The maximum absolute atomic E-state index is 12.5. The number of rotatable bonds is 4. The lowest BCUT2D eigenvalue weighted by atomic mass is 9.95. The van der Waals surface area contributed by atoms with Crippen molar-refractivity contribution in [3.05, 3.63) is 34.9 Å². The van der Waals surface area contributed by atoms with Gasteiger partial charge in [0, 0.05) is 36.8 Å². The van der Waals surface area contributed by atoms with Crippen molar-refractivity contribution in [3.63, 3.8) is 0 Å². The first-order valence-corrected chi connectivity index (χ1v) is 8.36. The molecule has 2 amide bonds. The molecule has 2 rings (SSSR count). The first kappa shape index (κ1) is 20.7. The summed E-state index contributed by atoms with van der Waals surface area (Å²) in [5, 5.41) is 0.607. The van der Waals surface area contributed by atoms with Crippen LogP contribution in [0, 0.1) is 0 Å². The molecular weight excluding hydrogens is 349 g/mol. The molecule has 0 aliphatic carbocycles. The summed E-state index contributed by atoms with van der Waals surface area (Å²) in [4.78, 5) is 28.4. The smallest absolute Gasteiger partial charge is 0.253 e. The second-order valence-electron chi connectivity index (χ2n) is 6.26. The molecule has 1 atom stereocenters. The summed E-state index contributed by atoms with van der Waals surface area (Å²) in [5.74, 6) is -0.0595. The number of nitrogens with two attached hydrogens (primary N) is 1. The van der Waals surface area contributed by atoms with Gasteiger partial charge in [-0.1, -0.05) is 24.9 Å². The highest BCUT2D eigenvalue weighted by Gasteiger charge is 2.34. The topological polar surface area (TPSA) is 66.6 Å². The van der Waals surface area contributed by atoms with Crippen molar-refractivity contribution in [1.29, 1.82) is 0 Å². The van der Waals surface area contributed by atoms with Gasteiger partial charge in [-0.15, -0.1) is 12.4 Å². The molecule has 134 valence electrons. The van der Waals surface area contributed by atoms with Crippen LogP contribution in [-0.2, 0) is 4.79 Å². The third-order valence-electron chi connectivity index (χ3n) is 4.20. The highest BCUT2D eigenvalue weighted by molar-refractivity contribution is 6.30. The monoisotopic (exact) mass is 373 g/mol. The van der Waals surface area contributed by atoms with Gasteiger partial charge in [0.15, 0.2) is 0 Å². The van der Waals surface area contributed by atoms with Gasteiger partial charge in [-0.3, -0.25) is 9.59 Å². The number of amides is 2. The van der Waals surface area contributed by atoms with Gasteiger partial charge in [-0.25, -0.2) is 0 Å². The largest absolute Gasteiger partial charge is 0.338 e. The molecule has 0 saturated carbocycles. The Balaban J connectivity index is 0.00000288. The Labute approximate surface area is 154 Å². The van der Waals surface area contributed by atoms with Gasteiger partial charge in [0.25, 0.3) is 5.91 Å². The minimum Gasteiger partial charge on any atom is -0.338 e. The summed E-state index contributed by atoms with van der Waals surface area (Å²) >= 11 is 5.84. The highest BCUT2D eigenvalue weighted by Crippen LogP contribution is 2.16. The Morgan fingerprint density at radius 3 is 2.12 bits per heavy atom. The second-order valence-corrected chi connectivity index (χ2v) is 6.70. The summed E-state index contributed by atoms with van der Waals surface area (Å²) in [6.45, 7) is 5.89. The molecule has 1 unspecified atom stereocenters. The molecule has 1 fully saturated rings. The van der Waals surface area contributed by atoms with Crippen LogP contribution in [-0.4, -0.2) is 53.3 Å². The minimum atomic E-state index is -0.822. The Morgan fingerprint density at radius 1 is 1.12 bits per heavy atom. The van der Waals surface area contributed by atoms with E-state index in [2.05, 4.69) is 0 Å². The molecule has 5 nitrogen and oxygen atoms in total. The fourth-order valence-corrected chi connectivity index (χ4v) is 3.00. The zero-order chi connectivity index (χ0) is 17.0. The molecule has 1 aromatic carbocycles. The van der Waals surface area contributed by atoms with Crippen LogP contribution in [0.4, 0.5) is 0 Å². The lowest BCUT2D eigenvalue weighted by molar-refractivity contribution is -0.138. The molecule has 1 aliphatic heterocycles. The van der Waals surface area contributed by atoms with E-state index in [1.807, 2.05) is 6.92 Å². The third-order valence-corrected chi connectivity index (χ3v) is 4.46. The zero-order valence-corrected chi connectivity index (χ0v) is 15.7. The molecular formula is C17H25Cl2N3O2. The van der Waals surface area contributed by atoms with Crippen molar-refractivity contribution >= 4 is 35.8 Å². The van der Waals surface area contributed by atoms with Gasteiger partial charge in [0.2, 0.25) is 5.91 Å². The summed E-state index contributed by atoms with van der Waals surface area (Å²) in [7, 11) is 0. The molecule has 0 aromatic heterocycles. The third kappa shape index (κ3) is 4.85. The van der Waals surface area contributed by atoms with E-state index in [0.717, 1.165) is 6.42 Å². The van der Waals surface area contributed by atoms with E-state index in [-0.39, 0.29) is 24.2 Å². The maximum atomic E-state index is 12.5. The SMILES string of the molecule is CCCC(C)(N)C(=O)N1CCN(C(=O)c2ccc(Cl)cc2)CC1.Cl. The van der Waals surface area contributed by atoms with Gasteiger partial charge in [-0.05, 0) is 37.6 Å². The number of hydrogen-bond donors (Lipinski definition) is 1. The normalized spacial score (nSPS) is 17.0. The van der Waals surface area contributed by atoms with Crippen LogP contribution in [0.3, 0.4) is 0 Å². The van der Waals surface area contributed by atoms with Gasteiger partial charge in [-0.2, -0.15) is 0 Å². The number of nitrogens with zero attached hydrogens (tertiary/aromatic N) is 2. The standard InChI is InChI=1S/C17H24ClN3O2.ClH/c1-3-8-17(2,19)16(23)21-11-9-20(10-12-21)15(22)13-4-6-14(18)7-5-13;/h4-7H,3,8-12,19H2,1-2H3;1H. The van der Waals surface area contributed by atoms with Crippen LogP contribution < -0.4 is 5.73 Å². The van der Waals surface area contributed by atoms with Crippen molar-refractivity contribution in [2.24, 2.45) is 5.73 Å². The molecule has 2 N–H and O–H groups in total. The second kappa shape index (κ2) is 8.70. The fourth-order valence-electron chi connectivity index (χ4n) is 2.88. The first-order chi connectivity index (χ1) is 10.8. The molecule has 1 saturated heterocycles. The summed E-state index contributed by atoms with van der Waals surface area (Å²) < 4.78 is 0. The van der Waals surface area contributed by atoms with Crippen molar-refractivity contribution < 1.29 is 9.59 Å². The molecule has 1 aromatic rings. The maximum Gasteiger partial charge on any atom is 0.253 e. The first-order valence-electron chi connectivity index (χ1n) is 7.98. The van der Waals surface area contributed by atoms with E-state index in [9.17, 15) is 9.59 Å². The van der Waals surface area contributed by atoms with Crippen LogP contribution in [0.1, 0.15) is 37.0 Å². The molecule has 7 heteroatoms. The van der Waals surface area contributed by atoms with Crippen molar-refractivity contribution in [2.45, 2.75) is 32.2 Å². The van der Waals surface area contributed by atoms with Gasteiger partial charge in [0.1, 0.15) is 0 Å². The predicted molar refractivity (Wildman–Crippen MR) is 98.7 cm³/mol. The number of hydrogen-bond acceptors (Lipinski definition) is 3. The van der Waals surface area contributed by atoms with Crippen molar-refractivity contribution in [3.8, 4) is 0 Å². The van der Waals surface area contributed by atoms with Gasteiger partial charge in [0.05, 0.1) is 5.54 Å². The van der Waals surface area contributed by atoms with E-state index >= 15 is 0 Å². The van der Waals surface area contributed by atoms with E-state index in [0.29, 0.717) is 43.2 Å². The quantitative estimate of drug-likeness (QED) is 0.881. The number of carbonyl (C=O) groups is 2. The van der Waals surface area contributed by atoms with Gasteiger partial charge >= 0.3 is 0 Å². The van der Waals surface area contributed by atoms with E-state index < -0.39 is 5.54 Å². The van der Waals surface area contributed by atoms with Crippen molar-refractivity contribution in [2.75, 3.05) is 26.2 Å². The predicted octanol–water partition coefficient (Wildman–Crippen LogP) is 2.56. The Bertz CT molecular complexity index is 568. The summed E-state index contributed by atoms with van der Waals surface area (Å²) in [5.41, 5.74) is 5.91. The van der Waals surface area contributed by atoms with Gasteiger partial charge < -0.3 is 15.5 Å². The molecule has 0 spiro atoms. The Kier molecular flexibility index (Phi) is 7.52. The van der Waals surface area contributed by atoms with Crippen molar-refractivity contribution in [1.82, 2.24) is 9.80 Å². The Hall–Kier alpha value is -1.30. The number of carbonyl (C=O) groups excluding carboxylic acids is 2. The average Bonchev–Trinajstić information content (AvgIpc) is 2.54. The number of piperazine rings is 1. The lowest BCUT2D eigenvalue weighted by Crippen LogP contribution is -2.58. The zero-order valence-electron chi connectivity index (χ0n) is 14.1. The highest BCUT2D eigenvalue weighted by atomic mass is 35.5. The van der Waals surface area contributed by atoms with Crippen LogP contribution >= 0.6 is 24.0 Å². The van der Waals surface area contributed by atoms with E-state index in [1.54, 1.807) is 41.0 Å². The van der Waals surface area contributed by atoms with Crippen LogP contribution in [0.2, 0.25) is 5.02 Å². The van der Waals surface area contributed by atoms with Crippen LogP contribution in [0.25, 0.3) is 0 Å². The summed E-state index contributed by atoms with van der Waals surface area (Å²) in [6, 6.07) is 6.86. The molecule has 1 heterocycles. The Morgan fingerprint density at radius 2 is 1.62 bits per heavy atom. The molecule has 0 bridgehead atoms. The molecule has 1 aliphatic rings. The molecule has 24 heavy (non-hydrogen) atoms. The lowest BCUT2D eigenvalue weighted by Gasteiger charge is -2.38. The molecule has 0 radical (unpaired) electrons. The van der Waals surface area contributed by atoms with Crippen LogP contribution in [0.5, 0.6) is 0 Å². The fraction of sp³-hybridized carbons (Fsp3) is 0.529. The van der Waals surface area contributed by atoms with E-state index in [4.69, 9.17) is 17.3 Å². The van der Waals surface area contributed by atoms with Crippen LogP contribution in [0.15, 0.2) is 24.3 Å². The summed E-state index contributed by atoms with van der Waals surface area (Å²) in [6.07, 6.45) is 1.53. The number of benzene rings is 1. The average molecular weight is 374 g/mol.